The summed E-state index contributed by atoms with van der Waals surface area (Å²) in [5.74, 6) is 2.99. The summed E-state index contributed by atoms with van der Waals surface area (Å²) < 4.78 is 0. The summed E-state index contributed by atoms with van der Waals surface area (Å²) in [6.07, 6.45) is 8.01. The molecule has 2 aliphatic rings. The van der Waals surface area contributed by atoms with E-state index >= 15 is 0 Å². The first-order chi connectivity index (χ1) is 24.0. The minimum absolute atomic E-state index is 0.0126. The van der Waals surface area contributed by atoms with E-state index in [0.717, 1.165) is 55.4 Å². The second kappa shape index (κ2) is 15.3. The Morgan fingerprint density at radius 3 is 1.22 bits per heavy atom. The van der Waals surface area contributed by atoms with Crippen LogP contribution in [0.5, 0.6) is 11.5 Å². The molecule has 1 aliphatic heterocycles. The molecule has 4 aromatic carbocycles. The Morgan fingerprint density at radius 1 is 0.529 bits per heavy atom. The van der Waals surface area contributed by atoms with Gasteiger partial charge in [-0.3, -0.25) is 0 Å². The summed E-state index contributed by atoms with van der Waals surface area (Å²) in [5.41, 5.74) is 14.1. The van der Waals surface area contributed by atoms with Crippen molar-refractivity contribution in [2.45, 2.75) is 141 Å². The van der Waals surface area contributed by atoms with Crippen molar-refractivity contribution >= 4 is 15.9 Å². The molecule has 5 heteroatoms. The van der Waals surface area contributed by atoms with Gasteiger partial charge in [0, 0.05) is 0 Å². The van der Waals surface area contributed by atoms with Gasteiger partial charge in [-0.2, -0.15) is 0 Å². The number of benzene rings is 4. The molecule has 1 aliphatic carbocycles. The summed E-state index contributed by atoms with van der Waals surface area (Å²) in [4.78, 5) is 0. The Bertz CT molecular complexity index is 1850. The summed E-state index contributed by atoms with van der Waals surface area (Å²) in [6, 6.07) is 22.6. The summed E-state index contributed by atoms with van der Waals surface area (Å²) in [5, 5.41) is 25.6. The van der Waals surface area contributed by atoms with Gasteiger partial charge >= 0.3 is 321 Å². The third-order valence-electron chi connectivity index (χ3n) is 10.9. The fraction of sp³-hybridized carbons (Fsp3) is 0.478. The molecule has 1 fully saturated rings. The maximum absolute atomic E-state index is 12.1. The molecule has 4 atom stereocenters. The topological polar surface area (TPSA) is 40.5 Å². The van der Waals surface area contributed by atoms with Crippen molar-refractivity contribution in [3.8, 4) is 33.8 Å². The van der Waals surface area contributed by atoms with Crippen molar-refractivity contribution in [1.82, 2.24) is 0 Å². The van der Waals surface area contributed by atoms with Crippen LogP contribution < -0.4 is 0 Å². The van der Waals surface area contributed by atoms with Gasteiger partial charge in [0.05, 0.1) is 0 Å². The quantitative estimate of drug-likeness (QED) is 0.192. The van der Waals surface area contributed by atoms with Crippen LogP contribution in [0.2, 0.25) is 0 Å². The van der Waals surface area contributed by atoms with E-state index in [1.807, 2.05) is 0 Å². The summed E-state index contributed by atoms with van der Waals surface area (Å²) >= 11 is -0.322. The Morgan fingerprint density at radius 2 is 0.882 bits per heavy atom. The van der Waals surface area contributed by atoms with Crippen molar-refractivity contribution < 1.29 is 25.7 Å². The zero-order valence-electron chi connectivity index (χ0n) is 32.8. The van der Waals surface area contributed by atoms with E-state index in [0.29, 0.717) is 11.5 Å². The molecule has 1 saturated carbocycles. The van der Waals surface area contributed by atoms with Gasteiger partial charge in [0.25, 0.3) is 0 Å². The van der Waals surface area contributed by atoms with E-state index in [4.69, 9.17) is 0 Å². The van der Waals surface area contributed by atoms with E-state index in [-0.39, 0.29) is 42.2 Å². The molecule has 51 heavy (non-hydrogen) atoms. The number of hydrogen-bond acceptors (Lipinski definition) is 2. The van der Waals surface area contributed by atoms with Crippen LogP contribution in [0.15, 0.2) is 60.7 Å². The van der Waals surface area contributed by atoms with Crippen molar-refractivity contribution in [2.75, 3.05) is 0 Å². The number of fused-ring (bicyclic) bond motifs is 1. The van der Waals surface area contributed by atoms with Gasteiger partial charge in [0.1, 0.15) is 0 Å². The van der Waals surface area contributed by atoms with Crippen LogP contribution in [0, 0.1) is 27.7 Å². The van der Waals surface area contributed by atoms with Crippen LogP contribution in [0.4, 0.5) is 0 Å². The van der Waals surface area contributed by atoms with Gasteiger partial charge in [-0.15, -0.1) is 0 Å². The number of aryl methyl sites for hydroxylation is 4. The molecule has 0 spiro atoms. The molecule has 4 aromatic rings. The molecule has 0 aromatic heterocycles. The standard InChI is InChI=1S/C46H60O2S2.Ti/c1-29-17-30(2)20-33(19-29)39-25-37(45(5,6)7)23-35(43(39)47)27-49-41-15-13-11-12-14-16-42(41)50-28-36-24-38(46(8,9)10)26-40(44(36)48)34-21-31(3)18-32(4)22-34;/h17-26,41-42,47-48H,11-16,27-28H2,1-10H3;/t41-,42?;/m0./s1. The Labute approximate surface area is 319 Å². The molecule has 6 rings (SSSR count). The molecule has 2 nitrogen and oxygen atoms in total. The van der Waals surface area contributed by atoms with Crippen molar-refractivity contribution in [2.24, 2.45) is 0 Å². The predicted molar refractivity (Wildman–Crippen MR) is 221 cm³/mol. The van der Waals surface area contributed by atoms with E-state index in [1.54, 1.807) is 0 Å². The molecule has 272 valence electrons. The molecular formula is C46H60O2S2Ti. The van der Waals surface area contributed by atoms with Crippen LogP contribution >= 0.6 is 15.9 Å². The van der Waals surface area contributed by atoms with Gasteiger partial charge in [-0.1, -0.05) is 0 Å². The van der Waals surface area contributed by atoms with Crippen LogP contribution in [0.3, 0.4) is 0 Å². The Balaban J connectivity index is 1.48. The second-order valence-corrected chi connectivity index (χ2v) is 29.0. The first-order valence-electron chi connectivity index (χ1n) is 19.0. The monoisotopic (exact) mass is 756 g/mol. The van der Waals surface area contributed by atoms with Crippen molar-refractivity contribution in [1.29, 1.82) is 0 Å². The van der Waals surface area contributed by atoms with Gasteiger partial charge in [0.2, 0.25) is 0 Å². The van der Waals surface area contributed by atoms with Gasteiger partial charge < -0.3 is 0 Å². The first kappa shape index (κ1) is 38.6. The van der Waals surface area contributed by atoms with Crippen LogP contribution in [-0.2, 0) is 37.8 Å². The zero-order valence-corrected chi connectivity index (χ0v) is 36.0. The molecule has 0 bridgehead atoms. The first-order valence-corrected chi connectivity index (χ1v) is 25.8. The molecule has 1 heterocycles. The average Bonchev–Trinajstić information content (AvgIpc) is 3.30. The fourth-order valence-corrected chi connectivity index (χ4v) is 28.9. The molecule has 0 radical (unpaired) electrons. The van der Waals surface area contributed by atoms with Gasteiger partial charge in [0.15, 0.2) is 0 Å². The Kier molecular flexibility index (Phi) is 11.6. The van der Waals surface area contributed by atoms with Crippen LogP contribution in [-0.4, -0.2) is 20.7 Å². The molecule has 0 amide bonds. The number of phenols is 2. The summed E-state index contributed by atoms with van der Waals surface area (Å²) in [6.45, 7) is 22.4. The minimum atomic E-state index is -0.322. The number of aromatic hydroxyl groups is 2. The molecular weight excluding hydrogens is 697 g/mol. The summed E-state index contributed by atoms with van der Waals surface area (Å²) in [7, 11) is 0.566. The van der Waals surface area contributed by atoms with Gasteiger partial charge in [-0.05, 0) is 0 Å². The molecule has 2 N–H and O–H groups in total. The van der Waals surface area contributed by atoms with E-state index in [2.05, 4.69) is 130 Å². The normalized spacial score (nSPS) is 21.0. The van der Waals surface area contributed by atoms with Crippen molar-refractivity contribution in [3.63, 3.8) is 0 Å². The van der Waals surface area contributed by atoms with Crippen LogP contribution in [0.25, 0.3) is 22.3 Å². The SMILES string of the molecule is Cc1cc(C)cc(-c2cc(C(C)(C)C)cc(C[S]3=[Ti]=[S](Cc4cc(C(C)(C)C)cc(-c5cc(C)cc(C)c5)c4O)[C@H]4CCCCCCC43)c2O)c1. The number of hydrogen-bond donors (Lipinski definition) is 2. The average molecular weight is 757 g/mol. The Hall–Kier alpha value is -2.11. The number of phenolic OH excluding ortho intramolecular Hbond substituents is 2. The third kappa shape index (κ3) is 8.83. The second-order valence-electron chi connectivity index (χ2n) is 17.6. The van der Waals surface area contributed by atoms with E-state index in [1.165, 1.54) is 71.9 Å². The van der Waals surface area contributed by atoms with E-state index in [9.17, 15) is 10.2 Å². The van der Waals surface area contributed by atoms with Gasteiger partial charge in [-0.25, -0.2) is 0 Å². The molecule has 0 saturated heterocycles. The molecule has 3 unspecified atom stereocenters. The maximum atomic E-state index is 12.1. The number of rotatable bonds is 6. The van der Waals surface area contributed by atoms with E-state index < -0.39 is 0 Å². The third-order valence-corrected chi connectivity index (χ3v) is 26.8. The fourth-order valence-electron chi connectivity index (χ4n) is 8.11. The predicted octanol–water partition coefficient (Wildman–Crippen LogP) is 13.5. The van der Waals surface area contributed by atoms with Crippen LogP contribution in [0.1, 0.15) is 125 Å². The zero-order chi connectivity index (χ0) is 36.8. The van der Waals surface area contributed by atoms with Crippen molar-refractivity contribution in [3.05, 3.63) is 105 Å².